The summed E-state index contributed by atoms with van der Waals surface area (Å²) in [5.41, 5.74) is 0.0999. The molecule has 0 aromatic carbocycles. The molecule has 1 N–H and O–H groups in total. The third kappa shape index (κ3) is 2.98. The molecule has 0 atom stereocenters. The van der Waals surface area contributed by atoms with Crippen molar-refractivity contribution in [3.63, 3.8) is 0 Å². The van der Waals surface area contributed by atoms with E-state index in [2.05, 4.69) is 36.8 Å². The fourth-order valence-electron chi connectivity index (χ4n) is 1.18. The van der Waals surface area contributed by atoms with Gasteiger partial charge in [-0.1, -0.05) is 15.9 Å². The Morgan fingerprint density at radius 3 is 2.62 bits per heavy atom. The zero-order valence-corrected chi connectivity index (χ0v) is 11.1. The first-order valence-electron chi connectivity index (χ1n) is 4.19. The van der Waals surface area contributed by atoms with E-state index in [9.17, 15) is 13.6 Å². The normalized spacial score (nSPS) is 10.8. The van der Waals surface area contributed by atoms with E-state index < -0.39 is 18.8 Å². The minimum Gasteiger partial charge on any atom is -0.481 e. The molecule has 0 saturated heterocycles. The van der Waals surface area contributed by atoms with Gasteiger partial charge in [0.1, 0.15) is 0 Å². The highest BCUT2D eigenvalue weighted by molar-refractivity contribution is 9.10. The number of aromatic nitrogens is 1. The monoisotopic (exact) mass is 357 g/mol. The van der Waals surface area contributed by atoms with E-state index in [1.54, 1.807) is 0 Å². The summed E-state index contributed by atoms with van der Waals surface area (Å²) in [7, 11) is 0. The van der Waals surface area contributed by atoms with Gasteiger partial charge < -0.3 is 5.11 Å². The molecule has 1 heterocycles. The summed E-state index contributed by atoms with van der Waals surface area (Å²) in [4.78, 5) is 14.3. The average molecular weight is 359 g/mol. The molecule has 0 aliphatic rings. The van der Waals surface area contributed by atoms with Crippen LogP contribution in [0.2, 0.25) is 0 Å². The van der Waals surface area contributed by atoms with Crippen molar-refractivity contribution in [1.82, 2.24) is 4.98 Å². The number of aliphatic carboxylic acids is 1. The first-order valence-corrected chi connectivity index (χ1v) is 6.10. The van der Waals surface area contributed by atoms with Gasteiger partial charge in [-0.15, -0.1) is 0 Å². The molecule has 0 radical (unpaired) electrons. The summed E-state index contributed by atoms with van der Waals surface area (Å²) in [6.07, 6.45) is -1.89. The maximum absolute atomic E-state index is 12.8. The fraction of sp³-hybridized carbons (Fsp3) is 0.333. The lowest BCUT2D eigenvalue weighted by molar-refractivity contribution is -0.136. The smallest absolute Gasteiger partial charge is 0.309 e. The van der Waals surface area contributed by atoms with Crippen LogP contribution in [0.5, 0.6) is 0 Å². The van der Waals surface area contributed by atoms with Crippen LogP contribution in [0, 0.1) is 0 Å². The molecule has 0 bridgehead atoms. The second-order valence-corrected chi connectivity index (χ2v) is 4.32. The molecule has 3 nitrogen and oxygen atoms in total. The maximum Gasteiger partial charge on any atom is 0.309 e. The zero-order valence-electron chi connectivity index (χ0n) is 7.88. The molecule has 7 heteroatoms. The number of nitrogens with zero attached hydrogens (tertiary/aromatic N) is 1. The van der Waals surface area contributed by atoms with Gasteiger partial charge in [0.2, 0.25) is 0 Å². The van der Waals surface area contributed by atoms with Gasteiger partial charge in [0.25, 0.3) is 6.43 Å². The summed E-state index contributed by atoms with van der Waals surface area (Å²) in [6.45, 7) is 0. The number of alkyl halides is 3. The van der Waals surface area contributed by atoms with Gasteiger partial charge >= 0.3 is 5.97 Å². The first-order chi connectivity index (χ1) is 7.47. The molecule has 0 aliphatic carbocycles. The number of pyridine rings is 1. The molecule has 0 fully saturated rings. The van der Waals surface area contributed by atoms with Gasteiger partial charge in [0, 0.05) is 16.0 Å². The van der Waals surface area contributed by atoms with E-state index in [1.165, 1.54) is 6.20 Å². The second kappa shape index (κ2) is 5.67. The summed E-state index contributed by atoms with van der Waals surface area (Å²) >= 11 is 6.18. The second-order valence-electron chi connectivity index (χ2n) is 2.96. The van der Waals surface area contributed by atoms with Gasteiger partial charge in [-0.3, -0.25) is 9.78 Å². The minimum atomic E-state index is -2.75. The van der Waals surface area contributed by atoms with E-state index in [-0.39, 0.29) is 15.7 Å². The number of rotatable bonds is 4. The SMILES string of the molecule is O=C(O)Cc1ncc(CBr)c(Br)c1C(F)F. The van der Waals surface area contributed by atoms with Crippen molar-refractivity contribution in [2.24, 2.45) is 0 Å². The van der Waals surface area contributed by atoms with Crippen LogP contribution in [0.15, 0.2) is 10.7 Å². The van der Waals surface area contributed by atoms with Crippen molar-refractivity contribution >= 4 is 37.8 Å². The van der Waals surface area contributed by atoms with E-state index in [0.717, 1.165) is 0 Å². The Labute approximate surface area is 107 Å². The number of carbonyl (C=O) groups is 1. The molecular formula is C9H7Br2F2NO2. The molecule has 0 saturated carbocycles. The molecule has 0 spiro atoms. The van der Waals surface area contributed by atoms with E-state index in [4.69, 9.17) is 5.11 Å². The Balaban J connectivity index is 3.28. The number of carboxylic acid groups (broad SMARTS) is 1. The Morgan fingerprint density at radius 1 is 1.56 bits per heavy atom. The van der Waals surface area contributed by atoms with Crippen LogP contribution in [-0.4, -0.2) is 16.1 Å². The van der Waals surface area contributed by atoms with Crippen LogP contribution in [0.25, 0.3) is 0 Å². The summed E-state index contributed by atoms with van der Waals surface area (Å²) in [5.74, 6) is -1.19. The Kier molecular flexibility index (Phi) is 4.79. The maximum atomic E-state index is 12.8. The summed E-state index contributed by atoms with van der Waals surface area (Å²) in [6, 6.07) is 0. The number of halogens is 4. The van der Waals surface area contributed by atoms with Gasteiger partial charge in [0.15, 0.2) is 0 Å². The van der Waals surface area contributed by atoms with Gasteiger partial charge in [-0.25, -0.2) is 8.78 Å². The summed E-state index contributed by atoms with van der Waals surface area (Å²) < 4.78 is 25.8. The molecule has 1 aromatic rings. The molecule has 1 rings (SSSR count). The third-order valence-corrected chi connectivity index (χ3v) is 3.43. The molecule has 0 amide bonds. The van der Waals surface area contributed by atoms with E-state index in [1.807, 2.05) is 0 Å². The van der Waals surface area contributed by atoms with Crippen molar-refractivity contribution < 1.29 is 18.7 Å². The minimum absolute atomic E-state index is 0.112. The predicted octanol–water partition coefficient (Wildman–Crippen LogP) is 3.30. The van der Waals surface area contributed by atoms with Crippen LogP contribution in [0.3, 0.4) is 0 Å². The fourth-order valence-corrected chi connectivity index (χ4v) is 2.63. The van der Waals surface area contributed by atoms with Crippen molar-refractivity contribution in [3.8, 4) is 0 Å². The van der Waals surface area contributed by atoms with Crippen molar-refractivity contribution in [1.29, 1.82) is 0 Å². The van der Waals surface area contributed by atoms with Crippen molar-refractivity contribution in [2.45, 2.75) is 18.2 Å². The zero-order chi connectivity index (χ0) is 12.3. The Bertz CT molecular complexity index is 413. The quantitative estimate of drug-likeness (QED) is 0.840. The molecular weight excluding hydrogens is 352 g/mol. The number of hydrogen-bond donors (Lipinski definition) is 1. The standard InChI is InChI=1S/C9H7Br2F2NO2/c10-2-4-3-14-5(1-6(15)16)7(8(4)11)9(12)13/h3,9H,1-2H2,(H,15,16). The van der Waals surface area contributed by atoms with Crippen LogP contribution in [0.1, 0.15) is 23.2 Å². The highest BCUT2D eigenvalue weighted by Crippen LogP contribution is 2.33. The topological polar surface area (TPSA) is 50.2 Å². The van der Waals surface area contributed by atoms with E-state index >= 15 is 0 Å². The van der Waals surface area contributed by atoms with Crippen LogP contribution >= 0.6 is 31.9 Å². The Hall–Kier alpha value is -0.560. The van der Waals surface area contributed by atoms with Gasteiger partial charge in [-0.2, -0.15) is 0 Å². The van der Waals surface area contributed by atoms with Gasteiger partial charge in [-0.05, 0) is 21.5 Å². The lowest BCUT2D eigenvalue weighted by Gasteiger charge is -2.11. The molecule has 0 unspecified atom stereocenters. The lowest BCUT2D eigenvalue weighted by atomic mass is 10.1. The first kappa shape index (κ1) is 13.5. The van der Waals surface area contributed by atoms with Crippen molar-refractivity contribution in [3.05, 3.63) is 27.5 Å². The third-order valence-electron chi connectivity index (χ3n) is 1.89. The molecule has 1 aromatic heterocycles. The number of hydrogen-bond acceptors (Lipinski definition) is 2. The Morgan fingerprint density at radius 2 is 2.19 bits per heavy atom. The average Bonchev–Trinajstić information content (AvgIpc) is 2.16. The highest BCUT2D eigenvalue weighted by Gasteiger charge is 2.21. The predicted molar refractivity (Wildman–Crippen MR) is 60.9 cm³/mol. The van der Waals surface area contributed by atoms with Crippen LogP contribution in [0.4, 0.5) is 8.78 Å². The van der Waals surface area contributed by atoms with Gasteiger partial charge in [0.05, 0.1) is 17.7 Å². The summed E-state index contributed by atoms with van der Waals surface area (Å²) in [5, 5.41) is 8.95. The van der Waals surface area contributed by atoms with Crippen molar-refractivity contribution in [2.75, 3.05) is 0 Å². The largest absolute Gasteiger partial charge is 0.481 e. The molecule has 0 aliphatic heterocycles. The lowest BCUT2D eigenvalue weighted by Crippen LogP contribution is -2.08. The number of carboxylic acids is 1. The molecule has 16 heavy (non-hydrogen) atoms. The van der Waals surface area contributed by atoms with Crippen LogP contribution < -0.4 is 0 Å². The molecule has 88 valence electrons. The van der Waals surface area contributed by atoms with Crippen LogP contribution in [-0.2, 0) is 16.5 Å². The van der Waals surface area contributed by atoms with E-state index in [0.29, 0.717) is 10.9 Å². The highest BCUT2D eigenvalue weighted by atomic mass is 79.9.